The summed E-state index contributed by atoms with van der Waals surface area (Å²) in [6, 6.07) is 9.59. The van der Waals surface area contributed by atoms with Crippen LogP contribution < -0.4 is 5.32 Å². The molecule has 1 fully saturated rings. The van der Waals surface area contributed by atoms with E-state index in [1.807, 2.05) is 34.5 Å². The summed E-state index contributed by atoms with van der Waals surface area (Å²) in [5, 5.41) is 2.64. The molecule has 0 bridgehead atoms. The van der Waals surface area contributed by atoms with Gasteiger partial charge in [0, 0.05) is 31.8 Å². The van der Waals surface area contributed by atoms with Crippen LogP contribution in [0.3, 0.4) is 0 Å². The third kappa shape index (κ3) is 5.19. The number of rotatable bonds is 5. The molecular weight excluding hydrogens is 481 g/mol. The number of hydrogen-bond donors (Lipinski definition) is 1. The van der Waals surface area contributed by atoms with Crippen LogP contribution in [0, 0.1) is 3.77 Å². The lowest BCUT2D eigenvalue weighted by Crippen LogP contribution is -2.20. The first-order valence-corrected chi connectivity index (χ1v) is 10.7. The van der Waals surface area contributed by atoms with Gasteiger partial charge in [-0.25, -0.2) is 0 Å². The minimum atomic E-state index is -3.83. The number of amides is 1. The van der Waals surface area contributed by atoms with Crippen LogP contribution in [0.15, 0.2) is 56.2 Å². The van der Waals surface area contributed by atoms with E-state index in [0.29, 0.717) is 23.7 Å². The predicted octanol–water partition coefficient (Wildman–Crippen LogP) is 3.35. The molecule has 1 aromatic heterocycles. The molecule has 1 N–H and O–H groups in total. The van der Waals surface area contributed by atoms with Gasteiger partial charge in [0.1, 0.15) is 11.6 Å². The second kappa shape index (κ2) is 8.26. The van der Waals surface area contributed by atoms with E-state index in [4.69, 9.17) is 4.42 Å². The SMILES string of the molecule is CN1CCCC1=NS(=O)(=O)c1cccc(NC(=O)C=Cc2ccc(I)o2)c1. The van der Waals surface area contributed by atoms with E-state index in [2.05, 4.69) is 9.71 Å². The number of sulfonamides is 1. The number of furan rings is 1. The number of nitrogens with one attached hydrogen (secondary N) is 1. The van der Waals surface area contributed by atoms with Crippen LogP contribution in [0.2, 0.25) is 0 Å². The Morgan fingerprint density at radius 2 is 2.15 bits per heavy atom. The molecule has 0 atom stereocenters. The highest BCUT2D eigenvalue weighted by Crippen LogP contribution is 2.20. The maximum absolute atomic E-state index is 12.5. The van der Waals surface area contributed by atoms with E-state index >= 15 is 0 Å². The van der Waals surface area contributed by atoms with Crippen molar-refractivity contribution in [1.29, 1.82) is 0 Å². The molecule has 1 aliphatic rings. The van der Waals surface area contributed by atoms with E-state index in [1.165, 1.54) is 18.2 Å². The summed E-state index contributed by atoms with van der Waals surface area (Å²) < 4.78 is 35.1. The highest BCUT2D eigenvalue weighted by molar-refractivity contribution is 14.1. The van der Waals surface area contributed by atoms with Gasteiger partial charge < -0.3 is 14.6 Å². The molecule has 1 aliphatic heterocycles. The normalized spacial score (nSPS) is 16.4. The van der Waals surface area contributed by atoms with Crippen molar-refractivity contribution in [3.63, 3.8) is 0 Å². The largest absolute Gasteiger partial charge is 0.451 e. The lowest BCUT2D eigenvalue weighted by Gasteiger charge is -2.11. The summed E-state index contributed by atoms with van der Waals surface area (Å²) >= 11 is 2.03. The fraction of sp³-hybridized carbons (Fsp3) is 0.222. The molecular formula is C18H18IN3O4S. The van der Waals surface area contributed by atoms with Gasteiger partial charge in [0.15, 0.2) is 3.77 Å². The highest BCUT2D eigenvalue weighted by atomic mass is 127. The van der Waals surface area contributed by atoms with Crippen molar-refractivity contribution < 1.29 is 17.6 Å². The van der Waals surface area contributed by atoms with E-state index in [-0.39, 0.29) is 4.90 Å². The second-order valence-corrected chi connectivity index (χ2v) is 8.67. The molecule has 3 rings (SSSR count). The monoisotopic (exact) mass is 499 g/mol. The predicted molar refractivity (Wildman–Crippen MR) is 112 cm³/mol. The fourth-order valence-electron chi connectivity index (χ4n) is 2.59. The molecule has 2 aromatic rings. The average molecular weight is 499 g/mol. The summed E-state index contributed by atoms with van der Waals surface area (Å²) in [5.74, 6) is 0.723. The van der Waals surface area contributed by atoms with E-state index in [1.54, 1.807) is 30.3 Å². The molecule has 0 saturated carbocycles. The molecule has 0 unspecified atom stereocenters. The summed E-state index contributed by atoms with van der Waals surface area (Å²) in [6.07, 6.45) is 4.40. The Labute approximate surface area is 171 Å². The van der Waals surface area contributed by atoms with Gasteiger partial charge in [-0.05, 0) is 65.4 Å². The number of anilines is 1. The quantitative estimate of drug-likeness (QED) is 0.504. The summed E-state index contributed by atoms with van der Waals surface area (Å²) in [5.41, 5.74) is 0.375. The Hall–Kier alpha value is -2.14. The van der Waals surface area contributed by atoms with Gasteiger partial charge in [-0.3, -0.25) is 4.79 Å². The number of halogens is 1. The maximum atomic E-state index is 12.5. The van der Waals surface area contributed by atoms with Crippen LogP contribution in [0.1, 0.15) is 18.6 Å². The van der Waals surface area contributed by atoms with E-state index in [9.17, 15) is 13.2 Å². The molecule has 0 spiro atoms. The number of benzene rings is 1. The molecule has 2 heterocycles. The van der Waals surface area contributed by atoms with Crippen molar-refractivity contribution >= 4 is 56.1 Å². The van der Waals surface area contributed by atoms with Gasteiger partial charge in [-0.2, -0.15) is 8.42 Å². The smallest absolute Gasteiger partial charge is 0.284 e. The van der Waals surface area contributed by atoms with Crippen LogP contribution in [0.5, 0.6) is 0 Å². The van der Waals surface area contributed by atoms with Gasteiger partial charge in [0.2, 0.25) is 5.91 Å². The Morgan fingerprint density at radius 1 is 1.33 bits per heavy atom. The maximum Gasteiger partial charge on any atom is 0.284 e. The average Bonchev–Trinajstić information content (AvgIpc) is 3.21. The molecule has 1 saturated heterocycles. The topological polar surface area (TPSA) is 92.0 Å². The fourth-order valence-corrected chi connectivity index (χ4v) is 4.17. The Kier molecular flexibility index (Phi) is 6.00. The lowest BCUT2D eigenvalue weighted by atomic mass is 10.3. The van der Waals surface area contributed by atoms with Crippen molar-refractivity contribution in [3.05, 3.63) is 52.0 Å². The van der Waals surface area contributed by atoms with Crippen LogP contribution in [-0.4, -0.2) is 38.7 Å². The zero-order valence-corrected chi connectivity index (χ0v) is 17.5. The first-order chi connectivity index (χ1) is 12.8. The Balaban J connectivity index is 1.73. The van der Waals surface area contributed by atoms with Crippen molar-refractivity contribution in [2.75, 3.05) is 18.9 Å². The van der Waals surface area contributed by atoms with Crippen LogP contribution in [0.25, 0.3) is 6.08 Å². The minimum Gasteiger partial charge on any atom is -0.451 e. The third-order valence-electron chi connectivity index (χ3n) is 3.95. The van der Waals surface area contributed by atoms with Gasteiger partial charge in [0.25, 0.3) is 10.0 Å². The zero-order chi connectivity index (χ0) is 19.4. The molecule has 9 heteroatoms. The molecule has 7 nitrogen and oxygen atoms in total. The van der Waals surface area contributed by atoms with Crippen LogP contribution >= 0.6 is 22.6 Å². The summed E-state index contributed by atoms with van der Waals surface area (Å²) in [7, 11) is -2.00. The first kappa shape index (κ1) is 19.6. The number of amidine groups is 1. The number of nitrogens with zero attached hydrogens (tertiary/aromatic N) is 2. The molecule has 1 amide bonds. The molecule has 27 heavy (non-hydrogen) atoms. The summed E-state index contributed by atoms with van der Waals surface area (Å²) in [4.78, 5) is 13.9. The molecule has 0 radical (unpaired) electrons. The number of carbonyl (C=O) groups excluding carboxylic acids is 1. The standard InChI is InChI=1S/C18H18IN3O4S/c1-22-11-3-6-17(22)21-27(24,25)15-5-2-4-13(12-15)20-18(23)10-8-14-7-9-16(19)26-14/h2,4-5,7-10,12H,3,6,11H2,1H3,(H,20,23). The van der Waals surface area contributed by atoms with Crippen LogP contribution in [0.4, 0.5) is 5.69 Å². The van der Waals surface area contributed by atoms with Gasteiger partial charge in [-0.15, -0.1) is 4.40 Å². The number of carbonyl (C=O) groups is 1. The highest BCUT2D eigenvalue weighted by Gasteiger charge is 2.20. The van der Waals surface area contributed by atoms with Crippen molar-refractivity contribution in [1.82, 2.24) is 4.90 Å². The number of hydrogen-bond acceptors (Lipinski definition) is 4. The van der Waals surface area contributed by atoms with Crippen LogP contribution in [-0.2, 0) is 14.8 Å². The minimum absolute atomic E-state index is 0.0395. The molecule has 1 aromatic carbocycles. The molecule has 142 valence electrons. The van der Waals surface area contributed by atoms with E-state index < -0.39 is 15.9 Å². The van der Waals surface area contributed by atoms with Gasteiger partial charge in [0.05, 0.1) is 4.90 Å². The Bertz CT molecular complexity index is 1010. The molecule has 0 aliphatic carbocycles. The lowest BCUT2D eigenvalue weighted by molar-refractivity contribution is -0.111. The zero-order valence-electron chi connectivity index (χ0n) is 14.6. The summed E-state index contributed by atoms with van der Waals surface area (Å²) in [6.45, 7) is 0.797. The Morgan fingerprint density at radius 3 is 2.81 bits per heavy atom. The van der Waals surface area contributed by atoms with Gasteiger partial charge >= 0.3 is 0 Å². The second-order valence-electron chi connectivity index (χ2n) is 6.00. The van der Waals surface area contributed by atoms with Crippen molar-refractivity contribution in [2.24, 2.45) is 4.40 Å². The van der Waals surface area contributed by atoms with Crippen molar-refractivity contribution in [2.45, 2.75) is 17.7 Å². The first-order valence-electron chi connectivity index (χ1n) is 8.23. The van der Waals surface area contributed by atoms with E-state index in [0.717, 1.165) is 16.7 Å². The number of likely N-dealkylation sites (tertiary alicyclic amines) is 1. The third-order valence-corrected chi connectivity index (χ3v) is 5.83. The van der Waals surface area contributed by atoms with Gasteiger partial charge in [-0.1, -0.05) is 6.07 Å². The van der Waals surface area contributed by atoms with Crippen molar-refractivity contribution in [3.8, 4) is 0 Å².